The van der Waals surface area contributed by atoms with Crippen LogP contribution in [0.3, 0.4) is 0 Å². The number of carbonyl (C=O) groups excluding carboxylic acids is 1. The molecule has 1 aromatic carbocycles. The monoisotopic (exact) mass is 339 g/mol. The van der Waals surface area contributed by atoms with Crippen LogP contribution in [0, 0.1) is 6.92 Å². The van der Waals surface area contributed by atoms with E-state index >= 15 is 0 Å². The zero-order chi connectivity index (χ0) is 14.0. The second-order valence-corrected chi connectivity index (χ2v) is 5.18. The highest BCUT2D eigenvalue weighted by Gasteiger charge is 2.11. The van der Waals surface area contributed by atoms with Gasteiger partial charge < -0.3 is 11.1 Å². The first-order valence-electron chi connectivity index (χ1n) is 5.46. The molecule has 0 aliphatic rings. The van der Waals surface area contributed by atoms with Gasteiger partial charge in [0.2, 0.25) is 0 Å². The number of nitrogens with one attached hydrogen (secondary N) is 1. The Morgan fingerprint density at radius 3 is 2.79 bits per heavy atom. The van der Waals surface area contributed by atoms with Crippen molar-refractivity contribution in [1.29, 1.82) is 0 Å². The van der Waals surface area contributed by atoms with Crippen molar-refractivity contribution in [2.45, 2.75) is 6.92 Å². The number of pyridine rings is 1. The molecule has 0 aliphatic heterocycles. The molecule has 1 aromatic heterocycles. The van der Waals surface area contributed by atoms with Gasteiger partial charge in [-0.25, -0.2) is 4.98 Å². The lowest BCUT2D eigenvalue weighted by molar-refractivity contribution is 0.102. The van der Waals surface area contributed by atoms with E-state index in [-0.39, 0.29) is 5.91 Å². The number of rotatable bonds is 2. The second-order valence-electron chi connectivity index (χ2n) is 4.03. The molecule has 98 valence electrons. The van der Waals surface area contributed by atoms with Crippen LogP contribution in [0.25, 0.3) is 0 Å². The standard InChI is InChI=1S/C13H11BrClN3O/c1-7-4-9(6-17-12(7)14)18-13(19)10-3-2-8(16)5-11(10)15/h2-6H,16H2,1H3,(H,18,19). The summed E-state index contributed by atoms with van der Waals surface area (Å²) < 4.78 is 0.746. The van der Waals surface area contributed by atoms with Gasteiger partial charge in [0.05, 0.1) is 22.5 Å². The van der Waals surface area contributed by atoms with Crippen LogP contribution in [0.15, 0.2) is 35.1 Å². The van der Waals surface area contributed by atoms with Gasteiger partial charge in [0.25, 0.3) is 5.91 Å². The maximum atomic E-state index is 12.1. The van der Waals surface area contributed by atoms with Crippen molar-refractivity contribution in [2.24, 2.45) is 0 Å². The summed E-state index contributed by atoms with van der Waals surface area (Å²) in [4.78, 5) is 16.2. The summed E-state index contributed by atoms with van der Waals surface area (Å²) in [7, 11) is 0. The molecule has 0 saturated heterocycles. The number of nitrogens with zero attached hydrogens (tertiary/aromatic N) is 1. The Hall–Kier alpha value is -1.59. The molecule has 0 bridgehead atoms. The topological polar surface area (TPSA) is 68.0 Å². The summed E-state index contributed by atoms with van der Waals surface area (Å²) in [5.74, 6) is -0.298. The predicted molar refractivity (Wildman–Crippen MR) is 80.5 cm³/mol. The number of carbonyl (C=O) groups is 1. The lowest BCUT2D eigenvalue weighted by Crippen LogP contribution is -2.13. The van der Waals surface area contributed by atoms with Gasteiger partial charge in [0, 0.05) is 5.69 Å². The molecule has 4 nitrogen and oxygen atoms in total. The van der Waals surface area contributed by atoms with Crippen molar-refractivity contribution in [3.8, 4) is 0 Å². The summed E-state index contributed by atoms with van der Waals surface area (Å²) in [6.07, 6.45) is 1.57. The number of halogens is 2. The maximum absolute atomic E-state index is 12.1. The van der Waals surface area contributed by atoms with Gasteiger partial charge in [-0.15, -0.1) is 0 Å². The summed E-state index contributed by atoms with van der Waals surface area (Å²) in [5.41, 5.74) is 8.01. The molecule has 19 heavy (non-hydrogen) atoms. The smallest absolute Gasteiger partial charge is 0.257 e. The average molecular weight is 341 g/mol. The molecule has 0 unspecified atom stereocenters. The van der Waals surface area contributed by atoms with E-state index in [9.17, 15) is 4.79 Å². The second kappa shape index (κ2) is 5.59. The van der Waals surface area contributed by atoms with Crippen LogP contribution in [0.2, 0.25) is 5.02 Å². The predicted octanol–water partition coefficient (Wildman–Crippen LogP) is 3.64. The molecule has 0 aliphatic carbocycles. The van der Waals surface area contributed by atoms with Crippen LogP contribution < -0.4 is 11.1 Å². The third kappa shape index (κ3) is 3.24. The molecular weight excluding hydrogens is 330 g/mol. The number of aromatic nitrogens is 1. The fourth-order valence-corrected chi connectivity index (χ4v) is 2.03. The number of amides is 1. The molecule has 6 heteroatoms. The highest BCUT2D eigenvalue weighted by Crippen LogP contribution is 2.21. The quantitative estimate of drug-likeness (QED) is 0.648. The fourth-order valence-electron chi connectivity index (χ4n) is 1.54. The van der Waals surface area contributed by atoms with Gasteiger partial charge in [0.1, 0.15) is 4.60 Å². The van der Waals surface area contributed by atoms with Crippen LogP contribution in [0.1, 0.15) is 15.9 Å². The Balaban J connectivity index is 2.23. The Kier molecular flexibility index (Phi) is 4.07. The highest BCUT2D eigenvalue weighted by atomic mass is 79.9. The van der Waals surface area contributed by atoms with E-state index in [1.54, 1.807) is 24.4 Å². The zero-order valence-corrected chi connectivity index (χ0v) is 12.4. The number of nitrogens with two attached hydrogens (primary N) is 1. The summed E-state index contributed by atoms with van der Waals surface area (Å²) in [6, 6.07) is 6.58. The number of hydrogen-bond donors (Lipinski definition) is 2. The van der Waals surface area contributed by atoms with Gasteiger partial charge in [-0.1, -0.05) is 11.6 Å². The molecule has 0 saturated carbocycles. The van der Waals surface area contributed by atoms with Crippen LogP contribution >= 0.6 is 27.5 Å². The van der Waals surface area contributed by atoms with Gasteiger partial charge in [0.15, 0.2) is 0 Å². The van der Waals surface area contributed by atoms with Gasteiger partial charge in [-0.2, -0.15) is 0 Å². The minimum Gasteiger partial charge on any atom is -0.399 e. The first-order valence-corrected chi connectivity index (χ1v) is 6.63. The van der Waals surface area contributed by atoms with Crippen molar-refractivity contribution in [1.82, 2.24) is 4.98 Å². The number of aryl methyl sites for hydroxylation is 1. The third-order valence-electron chi connectivity index (χ3n) is 2.51. The van der Waals surface area contributed by atoms with Crippen molar-refractivity contribution in [3.05, 3.63) is 51.2 Å². The van der Waals surface area contributed by atoms with E-state index in [0.29, 0.717) is 22.0 Å². The molecule has 1 amide bonds. The van der Waals surface area contributed by atoms with E-state index in [0.717, 1.165) is 10.2 Å². The van der Waals surface area contributed by atoms with Crippen LogP contribution in [-0.4, -0.2) is 10.9 Å². The average Bonchev–Trinajstić information content (AvgIpc) is 2.33. The van der Waals surface area contributed by atoms with E-state index < -0.39 is 0 Å². The Labute approximate surface area is 124 Å². The molecule has 0 fully saturated rings. The number of anilines is 2. The number of benzene rings is 1. The summed E-state index contributed by atoms with van der Waals surface area (Å²) in [6.45, 7) is 1.89. The summed E-state index contributed by atoms with van der Waals surface area (Å²) in [5, 5.41) is 3.06. The largest absolute Gasteiger partial charge is 0.399 e. The summed E-state index contributed by atoms with van der Waals surface area (Å²) >= 11 is 9.28. The maximum Gasteiger partial charge on any atom is 0.257 e. The molecular formula is C13H11BrClN3O. The minimum atomic E-state index is -0.298. The Bertz CT molecular complexity index is 646. The Morgan fingerprint density at radius 2 is 2.16 bits per heavy atom. The first-order chi connectivity index (χ1) is 8.97. The van der Waals surface area contributed by atoms with Crippen LogP contribution in [0.5, 0.6) is 0 Å². The molecule has 2 aromatic rings. The molecule has 0 spiro atoms. The zero-order valence-electron chi connectivity index (χ0n) is 10.1. The highest BCUT2D eigenvalue weighted by molar-refractivity contribution is 9.10. The van der Waals surface area contributed by atoms with Gasteiger partial charge in [-0.3, -0.25) is 4.79 Å². The van der Waals surface area contributed by atoms with Crippen molar-refractivity contribution in [2.75, 3.05) is 11.1 Å². The van der Waals surface area contributed by atoms with E-state index in [1.165, 1.54) is 0 Å². The lowest BCUT2D eigenvalue weighted by Gasteiger charge is -2.08. The number of hydrogen-bond acceptors (Lipinski definition) is 3. The Morgan fingerprint density at radius 1 is 1.42 bits per heavy atom. The first kappa shape index (κ1) is 13.8. The fraction of sp³-hybridized carbons (Fsp3) is 0.0769. The molecule has 2 rings (SSSR count). The molecule has 1 heterocycles. The number of nitrogen functional groups attached to an aromatic ring is 1. The molecule has 0 atom stereocenters. The van der Waals surface area contributed by atoms with Gasteiger partial charge >= 0.3 is 0 Å². The van der Waals surface area contributed by atoms with E-state index in [4.69, 9.17) is 17.3 Å². The van der Waals surface area contributed by atoms with E-state index in [1.807, 2.05) is 13.0 Å². The minimum absolute atomic E-state index is 0.298. The molecule has 0 radical (unpaired) electrons. The van der Waals surface area contributed by atoms with Crippen molar-refractivity contribution >= 4 is 44.8 Å². The van der Waals surface area contributed by atoms with Crippen molar-refractivity contribution < 1.29 is 4.79 Å². The normalized spacial score (nSPS) is 10.3. The van der Waals surface area contributed by atoms with Crippen LogP contribution in [-0.2, 0) is 0 Å². The van der Waals surface area contributed by atoms with Gasteiger partial charge in [-0.05, 0) is 52.7 Å². The molecule has 3 N–H and O–H groups in total. The third-order valence-corrected chi connectivity index (χ3v) is 3.65. The van der Waals surface area contributed by atoms with E-state index in [2.05, 4.69) is 26.2 Å². The van der Waals surface area contributed by atoms with Crippen LogP contribution in [0.4, 0.5) is 11.4 Å². The lowest BCUT2D eigenvalue weighted by atomic mass is 10.2. The van der Waals surface area contributed by atoms with Crippen molar-refractivity contribution in [3.63, 3.8) is 0 Å². The SMILES string of the molecule is Cc1cc(NC(=O)c2ccc(N)cc2Cl)cnc1Br.